The summed E-state index contributed by atoms with van der Waals surface area (Å²) in [5.74, 6) is -0.460. The minimum Gasteiger partial charge on any atom is -0.462 e. The monoisotopic (exact) mass is 653 g/mol. The van der Waals surface area contributed by atoms with Crippen LogP contribution in [0.2, 0.25) is 0 Å². The second kappa shape index (κ2) is 11.7. The summed E-state index contributed by atoms with van der Waals surface area (Å²) in [6.07, 6.45) is -2.72. The molecule has 1 aromatic carbocycles. The van der Waals surface area contributed by atoms with Crippen LogP contribution in [0, 0.1) is 0 Å². The Balaban J connectivity index is 1.80. The normalized spacial score (nSPS) is 23.7. The maximum atomic E-state index is 13.6. The fraction of sp³-hybridized carbons (Fsp3) is 0.476. The Labute approximate surface area is 223 Å². The number of nitrogens with zero attached hydrogens (tertiary/aromatic N) is 1. The summed E-state index contributed by atoms with van der Waals surface area (Å²) in [6.45, 7) is 4.34. The van der Waals surface area contributed by atoms with Crippen molar-refractivity contribution in [3.05, 3.63) is 63.4 Å². The Kier molecular flexibility index (Phi) is 9.36. The minimum atomic E-state index is -4.21. The highest BCUT2D eigenvalue weighted by atomic mass is 79.9. The number of aromatic amines is 1. The minimum absolute atomic E-state index is 0.207. The van der Waals surface area contributed by atoms with Crippen LogP contribution >= 0.6 is 39.6 Å². The van der Waals surface area contributed by atoms with Crippen LogP contribution in [-0.4, -0.2) is 54.8 Å². The highest BCUT2D eigenvalue weighted by Crippen LogP contribution is 2.51. The standard InChI is InChI=1S/C21H26Br2N3O9P/c1-12(2)33-18(29)13(3)25-36(31,35-14-7-5-4-6-8-14)32-11-15-17(28)21(22,23)19(34-15)26-10-9-16(27)24-20(26)30/h4-10,12-13,15,17,19,28H,11H2,1-3H3,(H,25,31)(H,24,27,30)/t13?,15-,17-,19-,36+/m1/s1. The van der Waals surface area contributed by atoms with Gasteiger partial charge in [0.1, 0.15) is 24.0 Å². The lowest BCUT2D eigenvalue weighted by Crippen LogP contribution is -2.41. The van der Waals surface area contributed by atoms with Crippen LogP contribution in [0.3, 0.4) is 0 Å². The molecule has 0 aliphatic carbocycles. The van der Waals surface area contributed by atoms with Gasteiger partial charge in [0, 0.05) is 12.3 Å². The summed E-state index contributed by atoms with van der Waals surface area (Å²) in [5.41, 5.74) is -1.36. The van der Waals surface area contributed by atoms with Crippen molar-refractivity contribution in [1.29, 1.82) is 0 Å². The van der Waals surface area contributed by atoms with Crippen molar-refractivity contribution in [1.82, 2.24) is 14.6 Å². The Morgan fingerprint density at radius 3 is 2.53 bits per heavy atom. The third-order valence-corrected chi connectivity index (χ3v) is 8.28. The number of carbonyl (C=O) groups is 1. The fourth-order valence-corrected chi connectivity index (χ4v) is 5.97. The molecule has 1 unspecified atom stereocenters. The van der Waals surface area contributed by atoms with Gasteiger partial charge < -0.3 is 19.1 Å². The molecule has 0 spiro atoms. The number of ether oxygens (including phenoxy) is 2. The lowest BCUT2D eigenvalue weighted by molar-refractivity contribution is -0.149. The van der Waals surface area contributed by atoms with Gasteiger partial charge in [-0.05, 0) is 32.9 Å². The first-order valence-electron chi connectivity index (χ1n) is 10.8. The first-order valence-corrected chi connectivity index (χ1v) is 14.0. The lowest BCUT2D eigenvalue weighted by atomic mass is 10.2. The lowest BCUT2D eigenvalue weighted by Gasteiger charge is -2.25. The summed E-state index contributed by atoms with van der Waals surface area (Å²) in [5, 5.41) is 13.4. The second-order valence-corrected chi connectivity index (χ2v) is 13.6. The summed E-state index contributed by atoms with van der Waals surface area (Å²) >= 11 is 6.64. The third-order valence-electron chi connectivity index (χ3n) is 4.92. The number of esters is 1. The molecular formula is C21H26Br2N3O9P. The van der Waals surface area contributed by atoms with Crippen LogP contribution in [0.5, 0.6) is 5.75 Å². The van der Waals surface area contributed by atoms with Crippen molar-refractivity contribution < 1.29 is 33.0 Å². The van der Waals surface area contributed by atoms with Crippen molar-refractivity contribution in [3.63, 3.8) is 0 Å². The van der Waals surface area contributed by atoms with Gasteiger partial charge in [-0.15, -0.1) is 0 Å². The number of hydrogen-bond acceptors (Lipinski definition) is 9. The van der Waals surface area contributed by atoms with E-state index in [0.717, 1.165) is 10.6 Å². The number of aliphatic hydroxyl groups is 1. The molecule has 1 aromatic heterocycles. The Hall–Kier alpha value is -1.80. The van der Waals surface area contributed by atoms with Crippen molar-refractivity contribution in [2.24, 2.45) is 0 Å². The Bertz CT molecular complexity index is 1220. The molecule has 3 rings (SSSR count). The van der Waals surface area contributed by atoms with Gasteiger partial charge in [0.25, 0.3) is 5.56 Å². The number of halogens is 2. The molecule has 12 nitrogen and oxygen atoms in total. The molecule has 36 heavy (non-hydrogen) atoms. The van der Waals surface area contributed by atoms with Crippen LogP contribution < -0.4 is 20.9 Å². The number of alkyl halides is 2. The van der Waals surface area contributed by atoms with Crippen LogP contribution in [0.1, 0.15) is 27.0 Å². The van der Waals surface area contributed by atoms with Gasteiger partial charge >= 0.3 is 19.4 Å². The van der Waals surface area contributed by atoms with E-state index in [-0.39, 0.29) is 5.75 Å². The van der Waals surface area contributed by atoms with E-state index < -0.39 is 65.4 Å². The Morgan fingerprint density at radius 2 is 1.92 bits per heavy atom. The molecule has 0 saturated carbocycles. The number of rotatable bonds is 10. The van der Waals surface area contributed by atoms with Crippen LogP contribution in [-0.2, 0) is 23.4 Å². The molecule has 2 aromatic rings. The Morgan fingerprint density at radius 1 is 1.25 bits per heavy atom. The molecule has 0 bridgehead atoms. The largest absolute Gasteiger partial charge is 0.462 e. The fourth-order valence-electron chi connectivity index (χ4n) is 3.22. The highest BCUT2D eigenvalue weighted by molar-refractivity contribution is 9.25. The maximum absolute atomic E-state index is 13.6. The average molecular weight is 655 g/mol. The summed E-state index contributed by atoms with van der Waals surface area (Å²) < 4.78 is 35.5. The van der Waals surface area contributed by atoms with Gasteiger partial charge in [-0.3, -0.25) is 23.7 Å². The smallest absolute Gasteiger partial charge is 0.459 e. The van der Waals surface area contributed by atoms with Gasteiger partial charge in [-0.1, -0.05) is 50.1 Å². The zero-order valence-corrected chi connectivity index (χ0v) is 23.6. The van der Waals surface area contributed by atoms with Gasteiger partial charge in [-0.25, -0.2) is 9.36 Å². The van der Waals surface area contributed by atoms with E-state index in [1.807, 2.05) is 0 Å². The second-order valence-electron chi connectivity index (χ2n) is 8.20. The number of aliphatic hydroxyl groups excluding tert-OH is 1. The first kappa shape index (κ1) is 28.8. The van der Waals surface area contributed by atoms with E-state index in [4.69, 9.17) is 18.5 Å². The van der Waals surface area contributed by atoms with Crippen molar-refractivity contribution >= 4 is 45.6 Å². The number of nitrogens with one attached hydrogen (secondary N) is 2. The van der Waals surface area contributed by atoms with Crippen LogP contribution in [0.25, 0.3) is 0 Å². The maximum Gasteiger partial charge on any atom is 0.459 e. The number of aromatic nitrogens is 2. The molecule has 3 N–H and O–H groups in total. The van der Waals surface area contributed by atoms with Gasteiger partial charge in [0.2, 0.25) is 0 Å². The van der Waals surface area contributed by atoms with Crippen molar-refractivity contribution in [2.75, 3.05) is 6.61 Å². The van der Waals surface area contributed by atoms with Crippen LogP contribution in [0.4, 0.5) is 0 Å². The predicted octanol–water partition coefficient (Wildman–Crippen LogP) is 2.41. The van der Waals surface area contributed by atoms with Gasteiger partial charge in [0.15, 0.2) is 9.46 Å². The molecule has 2 heterocycles. The summed E-state index contributed by atoms with van der Waals surface area (Å²) in [7, 11) is -4.21. The summed E-state index contributed by atoms with van der Waals surface area (Å²) in [6, 6.07) is 8.23. The zero-order chi connectivity index (χ0) is 26.7. The van der Waals surface area contributed by atoms with E-state index >= 15 is 0 Å². The van der Waals surface area contributed by atoms with Gasteiger partial charge in [0.05, 0.1) is 12.7 Å². The van der Waals surface area contributed by atoms with E-state index in [1.54, 1.807) is 44.2 Å². The quantitative estimate of drug-likeness (QED) is 0.197. The highest BCUT2D eigenvalue weighted by Gasteiger charge is 2.55. The van der Waals surface area contributed by atoms with E-state index in [2.05, 4.69) is 41.9 Å². The van der Waals surface area contributed by atoms with E-state index in [1.165, 1.54) is 13.1 Å². The first-order chi connectivity index (χ1) is 16.8. The predicted molar refractivity (Wildman–Crippen MR) is 136 cm³/mol. The van der Waals surface area contributed by atoms with Crippen molar-refractivity contribution in [3.8, 4) is 5.75 Å². The molecule has 198 valence electrons. The summed E-state index contributed by atoms with van der Waals surface area (Å²) in [4.78, 5) is 38.1. The van der Waals surface area contributed by atoms with E-state index in [0.29, 0.717) is 0 Å². The number of benzene rings is 1. The molecule has 5 atom stereocenters. The van der Waals surface area contributed by atoms with Gasteiger partial charge in [-0.2, -0.15) is 5.09 Å². The molecule has 1 saturated heterocycles. The molecule has 0 amide bonds. The SMILES string of the molecule is CC(C)OC(=O)C(C)N[P@](=O)(OC[C@H]1O[C@@H](n2ccc(=O)[nH]c2=O)C(Br)(Br)[C@@H]1O)Oc1ccccc1. The number of carbonyl (C=O) groups excluding carboxylic acids is 1. The molecular weight excluding hydrogens is 629 g/mol. The zero-order valence-electron chi connectivity index (χ0n) is 19.5. The molecule has 15 heteroatoms. The molecule has 1 aliphatic heterocycles. The topological polar surface area (TPSA) is 158 Å². The number of H-pyrrole nitrogens is 1. The number of hydrogen-bond donors (Lipinski definition) is 3. The van der Waals surface area contributed by atoms with Crippen LogP contribution in [0.15, 0.2) is 52.2 Å². The molecule has 0 radical (unpaired) electrons. The molecule has 1 fully saturated rings. The average Bonchev–Trinajstić information content (AvgIpc) is 3.01. The van der Waals surface area contributed by atoms with E-state index in [9.17, 15) is 24.1 Å². The molecule has 1 aliphatic rings. The number of para-hydroxylation sites is 1. The third kappa shape index (κ3) is 6.94. The van der Waals surface area contributed by atoms with Crippen molar-refractivity contribution in [2.45, 2.75) is 54.6 Å².